The van der Waals surface area contributed by atoms with Gasteiger partial charge in [-0.3, -0.25) is 9.59 Å². The molecule has 9 heteroatoms. The summed E-state index contributed by atoms with van der Waals surface area (Å²) >= 11 is 0. The Morgan fingerprint density at radius 1 is 1.21 bits per heavy atom. The van der Waals surface area contributed by atoms with Crippen LogP contribution in [0.15, 0.2) is 34.9 Å². The molecule has 0 fully saturated rings. The maximum Gasteiger partial charge on any atom is 0.408 e. The highest BCUT2D eigenvalue weighted by Crippen LogP contribution is 2.11. The van der Waals surface area contributed by atoms with Gasteiger partial charge in [-0.15, -0.1) is 0 Å². The van der Waals surface area contributed by atoms with Crippen LogP contribution in [-0.2, 0) is 22.4 Å². The molecule has 0 aliphatic heterocycles. The van der Waals surface area contributed by atoms with Crippen LogP contribution in [0.5, 0.6) is 0 Å². The fourth-order valence-electron chi connectivity index (χ4n) is 2.34. The zero-order chi connectivity index (χ0) is 20.7. The van der Waals surface area contributed by atoms with Crippen molar-refractivity contribution in [3.05, 3.63) is 47.6 Å². The first-order chi connectivity index (χ1) is 13.1. The molecule has 0 radical (unpaired) electrons. The van der Waals surface area contributed by atoms with Gasteiger partial charge in [-0.1, -0.05) is 35.5 Å². The van der Waals surface area contributed by atoms with Gasteiger partial charge >= 0.3 is 12.1 Å². The summed E-state index contributed by atoms with van der Waals surface area (Å²) in [6.45, 7) is 5.15. The van der Waals surface area contributed by atoms with E-state index in [1.165, 1.54) is 0 Å². The summed E-state index contributed by atoms with van der Waals surface area (Å²) in [5.41, 5.74) is 0.104. The Balaban J connectivity index is 2.16. The molecule has 0 aliphatic carbocycles. The molecule has 2 rings (SSSR count). The average Bonchev–Trinajstić information content (AvgIpc) is 3.07. The van der Waals surface area contributed by atoms with E-state index < -0.39 is 29.5 Å². The third kappa shape index (κ3) is 6.82. The Hall–Kier alpha value is -3.23. The van der Waals surface area contributed by atoms with Crippen molar-refractivity contribution in [2.45, 2.75) is 51.7 Å². The molecule has 0 saturated heterocycles. The number of ether oxygens (including phenoxy) is 1. The average molecular weight is 389 g/mol. The van der Waals surface area contributed by atoms with Crippen molar-refractivity contribution in [3.8, 4) is 0 Å². The molecule has 0 spiro atoms. The summed E-state index contributed by atoms with van der Waals surface area (Å²) in [5, 5.41) is 14.9. The second kappa shape index (κ2) is 9.12. The van der Waals surface area contributed by atoms with Gasteiger partial charge in [-0.25, -0.2) is 4.79 Å². The standard InChI is InChI=1S/C19H23N3O6/c1-19(2,3)27-18(26)20-13(11-12-7-5-4-6-8-12)16(25)17-21-14(28-22-17)9-10-15(23)24/h4-8,13H,9-11H2,1-3H3,(H,20,26)(H,23,24)/t13-/m0/s1. The number of ketones is 1. The highest BCUT2D eigenvalue weighted by atomic mass is 16.6. The van der Waals surface area contributed by atoms with Crippen LogP contribution in [0.1, 0.15) is 49.3 Å². The summed E-state index contributed by atoms with van der Waals surface area (Å²) in [6.07, 6.45) is -0.716. The van der Waals surface area contributed by atoms with Crippen LogP contribution in [0.2, 0.25) is 0 Å². The van der Waals surface area contributed by atoms with E-state index in [9.17, 15) is 14.4 Å². The number of nitrogens with one attached hydrogen (secondary N) is 1. The second-order valence-electron chi connectivity index (χ2n) is 7.16. The van der Waals surface area contributed by atoms with Crippen LogP contribution >= 0.6 is 0 Å². The van der Waals surface area contributed by atoms with E-state index in [0.29, 0.717) is 0 Å². The van der Waals surface area contributed by atoms with E-state index in [1.54, 1.807) is 20.8 Å². The molecule has 1 heterocycles. The summed E-state index contributed by atoms with van der Waals surface area (Å²) in [7, 11) is 0. The van der Waals surface area contributed by atoms with E-state index in [0.717, 1.165) is 5.56 Å². The summed E-state index contributed by atoms with van der Waals surface area (Å²) in [4.78, 5) is 39.6. The second-order valence-corrected chi connectivity index (χ2v) is 7.16. The minimum atomic E-state index is -1.01. The Morgan fingerprint density at radius 2 is 1.89 bits per heavy atom. The van der Waals surface area contributed by atoms with E-state index in [1.807, 2.05) is 30.3 Å². The lowest BCUT2D eigenvalue weighted by Gasteiger charge is -2.22. The van der Waals surface area contributed by atoms with Gasteiger partial charge in [0.15, 0.2) is 0 Å². The number of rotatable bonds is 8. The van der Waals surface area contributed by atoms with E-state index in [-0.39, 0.29) is 31.0 Å². The number of alkyl carbamates (subject to hydrolysis) is 1. The monoisotopic (exact) mass is 389 g/mol. The van der Waals surface area contributed by atoms with Crippen LogP contribution in [0.4, 0.5) is 4.79 Å². The van der Waals surface area contributed by atoms with Crippen molar-refractivity contribution in [1.29, 1.82) is 0 Å². The molecule has 0 aliphatic rings. The number of carboxylic acid groups (broad SMARTS) is 1. The van der Waals surface area contributed by atoms with Crippen molar-refractivity contribution < 1.29 is 28.8 Å². The molecule has 150 valence electrons. The van der Waals surface area contributed by atoms with E-state index >= 15 is 0 Å². The van der Waals surface area contributed by atoms with Gasteiger partial charge in [0, 0.05) is 12.8 Å². The predicted octanol–water partition coefficient (Wildman–Crippen LogP) is 2.41. The lowest BCUT2D eigenvalue weighted by atomic mass is 10.0. The fourth-order valence-corrected chi connectivity index (χ4v) is 2.34. The Bertz CT molecular complexity index is 826. The Kier molecular flexibility index (Phi) is 6.86. The molecule has 1 aromatic carbocycles. The van der Waals surface area contributed by atoms with E-state index in [4.69, 9.17) is 14.4 Å². The van der Waals surface area contributed by atoms with Crippen LogP contribution in [0.25, 0.3) is 0 Å². The first kappa shape index (κ1) is 21.1. The molecular formula is C19H23N3O6. The number of hydrogen-bond acceptors (Lipinski definition) is 7. The van der Waals surface area contributed by atoms with Crippen molar-refractivity contribution >= 4 is 17.8 Å². The number of hydrogen-bond donors (Lipinski definition) is 2. The van der Waals surface area contributed by atoms with Gasteiger partial charge in [-0.05, 0) is 26.3 Å². The molecule has 2 aromatic rings. The summed E-state index contributed by atoms with van der Waals surface area (Å²) in [6, 6.07) is 8.17. The highest BCUT2D eigenvalue weighted by molar-refractivity contribution is 5.98. The maximum absolute atomic E-state index is 12.8. The van der Waals surface area contributed by atoms with Crippen molar-refractivity contribution in [1.82, 2.24) is 15.5 Å². The van der Waals surface area contributed by atoms with Crippen LogP contribution < -0.4 is 5.32 Å². The van der Waals surface area contributed by atoms with E-state index in [2.05, 4.69) is 15.5 Å². The first-order valence-corrected chi connectivity index (χ1v) is 8.76. The third-order valence-electron chi connectivity index (χ3n) is 3.53. The molecule has 0 bridgehead atoms. The number of carbonyl (C=O) groups is 3. The SMILES string of the molecule is CC(C)(C)OC(=O)N[C@@H](Cc1ccccc1)C(=O)c1noc(CCC(=O)O)n1. The van der Waals surface area contributed by atoms with Gasteiger partial charge in [0.2, 0.25) is 17.5 Å². The van der Waals surface area contributed by atoms with Crippen molar-refractivity contribution in [3.63, 3.8) is 0 Å². The minimum absolute atomic E-state index is 0.0124. The molecular weight excluding hydrogens is 366 g/mol. The fraction of sp³-hybridized carbons (Fsp3) is 0.421. The lowest BCUT2D eigenvalue weighted by molar-refractivity contribution is -0.137. The number of Topliss-reactive ketones (excluding diaryl/α,β-unsaturated/α-hetero) is 1. The van der Waals surface area contributed by atoms with Gasteiger partial charge in [-0.2, -0.15) is 4.98 Å². The molecule has 1 atom stereocenters. The number of carboxylic acids is 1. The van der Waals surface area contributed by atoms with Crippen LogP contribution in [0, 0.1) is 0 Å². The Labute approximate surface area is 162 Å². The molecule has 1 amide bonds. The molecule has 2 N–H and O–H groups in total. The number of benzene rings is 1. The zero-order valence-corrected chi connectivity index (χ0v) is 16.0. The van der Waals surface area contributed by atoms with Crippen molar-refractivity contribution in [2.75, 3.05) is 0 Å². The molecule has 9 nitrogen and oxygen atoms in total. The highest BCUT2D eigenvalue weighted by Gasteiger charge is 2.28. The largest absolute Gasteiger partial charge is 0.481 e. The van der Waals surface area contributed by atoms with Crippen LogP contribution in [-0.4, -0.2) is 44.7 Å². The topological polar surface area (TPSA) is 132 Å². The zero-order valence-electron chi connectivity index (χ0n) is 16.0. The molecule has 0 saturated carbocycles. The van der Waals surface area contributed by atoms with Gasteiger partial charge in [0.25, 0.3) is 0 Å². The van der Waals surface area contributed by atoms with Gasteiger partial charge < -0.3 is 19.7 Å². The molecule has 0 unspecified atom stereocenters. The predicted molar refractivity (Wildman–Crippen MR) is 97.9 cm³/mol. The minimum Gasteiger partial charge on any atom is -0.481 e. The number of aliphatic carboxylic acids is 1. The van der Waals surface area contributed by atoms with Crippen LogP contribution in [0.3, 0.4) is 0 Å². The van der Waals surface area contributed by atoms with Gasteiger partial charge in [0.1, 0.15) is 11.6 Å². The first-order valence-electron chi connectivity index (χ1n) is 8.76. The summed E-state index contributed by atoms with van der Waals surface area (Å²) < 4.78 is 10.2. The quantitative estimate of drug-likeness (QED) is 0.658. The maximum atomic E-state index is 12.8. The third-order valence-corrected chi connectivity index (χ3v) is 3.53. The number of aryl methyl sites for hydroxylation is 1. The van der Waals surface area contributed by atoms with Gasteiger partial charge in [0.05, 0.1) is 6.42 Å². The smallest absolute Gasteiger partial charge is 0.408 e. The lowest BCUT2D eigenvalue weighted by Crippen LogP contribution is -2.45. The number of amides is 1. The molecule has 28 heavy (non-hydrogen) atoms. The molecule has 1 aromatic heterocycles. The summed E-state index contributed by atoms with van der Waals surface area (Å²) in [5.74, 6) is -1.75. The number of nitrogens with zero attached hydrogens (tertiary/aromatic N) is 2. The Morgan fingerprint density at radius 3 is 2.50 bits per heavy atom. The van der Waals surface area contributed by atoms with Crippen molar-refractivity contribution in [2.24, 2.45) is 0 Å². The number of aromatic nitrogens is 2. The normalized spacial score (nSPS) is 12.2. The number of carbonyl (C=O) groups excluding carboxylic acids is 2.